The van der Waals surface area contributed by atoms with E-state index in [0.717, 1.165) is 10.5 Å². The van der Waals surface area contributed by atoms with Crippen molar-refractivity contribution in [2.75, 3.05) is 4.90 Å². The van der Waals surface area contributed by atoms with Crippen LogP contribution in [-0.2, 0) is 16.2 Å². The highest BCUT2D eigenvalue weighted by atomic mass is 79.9. The average molecular weight is 578 g/mol. The van der Waals surface area contributed by atoms with Crippen molar-refractivity contribution < 1.29 is 23.5 Å². The fourth-order valence-corrected chi connectivity index (χ4v) is 4.51. The van der Waals surface area contributed by atoms with Crippen molar-refractivity contribution in [1.29, 1.82) is 0 Å². The van der Waals surface area contributed by atoms with E-state index in [2.05, 4.69) is 21.2 Å². The largest absolute Gasteiger partial charge is 0.486 e. The van der Waals surface area contributed by atoms with Gasteiger partial charge in [-0.1, -0.05) is 47.5 Å². The monoisotopic (exact) mass is 576 g/mol. The molecule has 10 heteroatoms. The molecule has 0 spiro atoms. The molecule has 1 saturated heterocycles. The maximum absolute atomic E-state index is 13.9. The van der Waals surface area contributed by atoms with Crippen LogP contribution in [0.15, 0.2) is 64.6 Å². The van der Waals surface area contributed by atoms with Gasteiger partial charge in [0.2, 0.25) is 0 Å². The van der Waals surface area contributed by atoms with Gasteiger partial charge < -0.3 is 4.74 Å². The predicted octanol–water partition coefficient (Wildman–Crippen LogP) is 6.45. The van der Waals surface area contributed by atoms with Gasteiger partial charge in [0.15, 0.2) is 5.75 Å². The highest BCUT2D eigenvalue weighted by Gasteiger charge is 2.37. The molecular formula is C25H16BrCl2FN2O4. The number of ether oxygens (including phenoxy) is 1. The lowest BCUT2D eigenvalue weighted by Gasteiger charge is -2.26. The molecule has 0 radical (unpaired) electrons. The Morgan fingerprint density at radius 2 is 1.80 bits per heavy atom. The second-order valence-electron chi connectivity index (χ2n) is 7.59. The van der Waals surface area contributed by atoms with Crippen molar-refractivity contribution >= 4 is 68.7 Å². The molecule has 6 nitrogen and oxygen atoms in total. The molecule has 1 aliphatic heterocycles. The molecule has 0 aromatic heterocycles. The Kier molecular flexibility index (Phi) is 7.25. The maximum Gasteiger partial charge on any atom is 0.335 e. The van der Waals surface area contributed by atoms with Crippen molar-refractivity contribution in [3.8, 4) is 5.75 Å². The van der Waals surface area contributed by atoms with E-state index in [-0.39, 0.29) is 28.6 Å². The van der Waals surface area contributed by atoms with Gasteiger partial charge in [-0.2, -0.15) is 0 Å². The Morgan fingerprint density at radius 1 is 1.06 bits per heavy atom. The lowest BCUT2D eigenvalue weighted by atomic mass is 10.1. The van der Waals surface area contributed by atoms with E-state index in [1.807, 2.05) is 0 Å². The number of hydrogen-bond acceptors (Lipinski definition) is 4. The van der Waals surface area contributed by atoms with Crippen LogP contribution in [0.3, 0.4) is 0 Å². The number of carbonyl (C=O) groups excluding carboxylic acids is 3. The number of urea groups is 1. The first-order valence-corrected chi connectivity index (χ1v) is 11.7. The number of hydrogen-bond donors (Lipinski definition) is 1. The number of nitrogens with one attached hydrogen (secondary N) is 1. The van der Waals surface area contributed by atoms with Crippen LogP contribution in [0.2, 0.25) is 10.0 Å². The normalized spacial score (nSPS) is 14.9. The van der Waals surface area contributed by atoms with E-state index in [4.69, 9.17) is 27.9 Å². The summed E-state index contributed by atoms with van der Waals surface area (Å²) in [4.78, 5) is 38.8. The smallest absolute Gasteiger partial charge is 0.335 e. The third-order valence-corrected chi connectivity index (χ3v) is 6.45. The molecule has 0 atom stereocenters. The number of barbiturate groups is 1. The molecule has 1 aliphatic rings. The van der Waals surface area contributed by atoms with Gasteiger partial charge in [-0.15, -0.1) is 0 Å². The summed E-state index contributed by atoms with van der Waals surface area (Å²) in [5, 5.41) is 2.70. The molecule has 178 valence electrons. The number of rotatable bonds is 5. The van der Waals surface area contributed by atoms with E-state index in [9.17, 15) is 18.8 Å². The van der Waals surface area contributed by atoms with Crippen LogP contribution >= 0.6 is 39.1 Å². The lowest BCUT2D eigenvalue weighted by Crippen LogP contribution is -2.54. The van der Waals surface area contributed by atoms with Crippen LogP contribution in [0, 0.1) is 12.7 Å². The number of amides is 4. The number of carbonyl (C=O) groups is 3. The van der Waals surface area contributed by atoms with Crippen LogP contribution in [0.1, 0.15) is 16.7 Å². The van der Waals surface area contributed by atoms with Crippen molar-refractivity contribution in [3.05, 3.63) is 97.2 Å². The molecule has 0 saturated carbocycles. The SMILES string of the molecule is Cc1ccc(N2C(=O)NC(=O)/C(=C/c3cc(Cl)c(OCc4ccccc4F)c(Br)c3)C2=O)cc1Cl. The molecule has 0 unspecified atom stereocenters. The molecule has 4 rings (SSSR count). The minimum absolute atomic E-state index is 0.0531. The molecule has 1 N–H and O–H groups in total. The number of benzene rings is 3. The number of nitrogens with zero attached hydrogens (tertiary/aromatic N) is 1. The molecule has 1 heterocycles. The van der Waals surface area contributed by atoms with Gasteiger partial charge in [-0.05, 0) is 70.4 Å². The molecule has 3 aromatic rings. The third kappa shape index (κ3) is 5.24. The fourth-order valence-electron chi connectivity index (χ4n) is 3.35. The third-order valence-electron chi connectivity index (χ3n) is 5.18. The standard InChI is InChI=1S/C25H16BrCl2FN2O4/c1-13-6-7-16(11-19(13)27)31-24(33)17(23(32)30-25(31)34)8-14-9-18(26)22(20(28)10-14)35-12-15-4-2-3-5-21(15)29/h2-11H,12H2,1H3,(H,30,32,34)/b17-8-. The Hall–Kier alpha value is -3.20. The minimum Gasteiger partial charge on any atom is -0.486 e. The van der Waals surface area contributed by atoms with Gasteiger partial charge in [-0.25, -0.2) is 14.1 Å². The van der Waals surface area contributed by atoms with Crippen LogP contribution in [0.5, 0.6) is 5.75 Å². The van der Waals surface area contributed by atoms with E-state index in [1.54, 1.807) is 43.3 Å². The second-order valence-corrected chi connectivity index (χ2v) is 9.25. The molecular weight excluding hydrogens is 562 g/mol. The Balaban J connectivity index is 1.62. The van der Waals surface area contributed by atoms with Gasteiger partial charge in [0.25, 0.3) is 11.8 Å². The van der Waals surface area contributed by atoms with Crippen molar-refractivity contribution in [1.82, 2.24) is 5.32 Å². The van der Waals surface area contributed by atoms with E-state index in [1.165, 1.54) is 24.3 Å². The van der Waals surface area contributed by atoms with Gasteiger partial charge in [0.1, 0.15) is 18.0 Å². The maximum atomic E-state index is 13.9. The van der Waals surface area contributed by atoms with Crippen LogP contribution < -0.4 is 15.0 Å². The molecule has 4 amide bonds. The topological polar surface area (TPSA) is 75.7 Å². The Labute approximate surface area is 218 Å². The Morgan fingerprint density at radius 3 is 2.49 bits per heavy atom. The predicted molar refractivity (Wildman–Crippen MR) is 135 cm³/mol. The molecule has 0 bridgehead atoms. The quantitative estimate of drug-likeness (QED) is 0.279. The minimum atomic E-state index is -0.881. The van der Waals surface area contributed by atoms with E-state index >= 15 is 0 Å². The van der Waals surface area contributed by atoms with Crippen molar-refractivity contribution in [3.63, 3.8) is 0 Å². The summed E-state index contributed by atoms with van der Waals surface area (Å²) < 4.78 is 20.0. The summed E-state index contributed by atoms with van der Waals surface area (Å²) in [5.74, 6) is -1.80. The summed E-state index contributed by atoms with van der Waals surface area (Å²) in [6.45, 7) is 1.73. The highest BCUT2D eigenvalue weighted by Crippen LogP contribution is 2.36. The van der Waals surface area contributed by atoms with Crippen molar-refractivity contribution in [2.24, 2.45) is 0 Å². The lowest BCUT2D eigenvalue weighted by molar-refractivity contribution is -0.122. The van der Waals surface area contributed by atoms with Crippen LogP contribution in [-0.4, -0.2) is 17.8 Å². The summed E-state index contributed by atoms with van der Waals surface area (Å²) in [6.07, 6.45) is 1.31. The number of halogens is 4. The zero-order valence-corrected chi connectivity index (χ0v) is 21.2. The second kappa shape index (κ2) is 10.2. The summed E-state index contributed by atoms with van der Waals surface area (Å²) in [7, 11) is 0. The van der Waals surface area contributed by atoms with E-state index < -0.39 is 23.7 Å². The van der Waals surface area contributed by atoms with Gasteiger partial charge in [0, 0.05) is 10.6 Å². The first-order valence-electron chi connectivity index (χ1n) is 10.2. The number of imide groups is 2. The number of anilines is 1. The zero-order valence-electron chi connectivity index (χ0n) is 18.1. The van der Waals surface area contributed by atoms with E-state index in [0.29, 0.717) is 20.6 Å². The molecule has 3 aromatic carbocycles. The summed E-state index contributed by atoms with van der Waals surface area (Å²) in [6, 6.07) is 13.1. The first kappa shape index (κ1) is 24.9. The summed E-state index contributed by atoms with van der Waals surface area (Å²) in [5.41, 5.74) is 1.47. The van der Waals surface area contributed by atoms with Crippen LogP contribution in [0.25, 0.3) is 6.08 Å². The van der Waals surface area contributed by atoms with Gasteiger partial charge >= 0.3 is 6.03 Å². The van der Waals surface area contributed by atoms with Gasteiger partial charge in [0.05, 0.1) is 15.2 Å². The van der Waals surface area contributed by atoms with Gasteiger partial charge in [-0.3, -0.25) is 14.9 Å². The number of aryl methyl sites for hydroxylation is 1. The summed E-state index contributed by atoms with van der Waals surface area (Å²) >= 11 is 15.9. The molecule has 0 aliphatic carbocycles. The zero-order chi connectivity index (χ0) is 25.3. The van der Waals surface area contributed by atoms with Crippen LogP contribution in [0.4, 0.5) is 14.9 Å². The van der Waals surface area contributed by atoms with Crippen molar-refractivity contribution in [2.45, 2.75) is 13.5 Å². The fraction of sp³-hybridized carbons (Fsp3) is 0.0800. The molecule has 1 fully saturated rings. The molecule has 35 heavy (non-hydrogen) atoms. The average Bonchev–Trinajstić information content (AvgIpc) is 2.79. The highest BCUT2D eigenvalue weighted by molar-refractivity contribution is 9.10. The Bertz CT molecular complexity index is 1390. The first-order chi connectivity index (χ1) is 16.7.